The van der Waals surface area contributed by atoms with Gasteiger partial charge in [0.05, 0.1) is 25.1 Å². The molecule has 73 heavy (non-hydrogen) atoms. The Balaban J connectivity index is 1.25. The molecule has 10 aromatic rings. The molecule has 0 radical (unpaired) electrons. The standard InChI is InChI=1S/C69H62BN3/c1-66(2,3)49-40-55-62-65(54-35-22-23-36-56(54)69(62,8)9)73-61-44-53(71(50-30-18-12-19-31-50)51-32-20-13-21-33-51)43-60-63(61)70(58(41-49)64(55)73)57-38-37-48(68(6,7)46-27-16-11-17-28-46)42-59(57)72(60)52-34-24-29-47(39-52)67(4,5)45-25-14-10-15-26-45/h10-44H,1-9H3/i12D,13D,18D,19D,20D,21D,30D,31D,32D,33D. The average molecular weight is 954 g/mol. The van der Waals surface area contributed by atoms with Gasteiger partial charge in [0.2, 0.25) is 0 Å². The highest BCUT2D eigenvalue weighted by molar-refractivity contribution is 7.00. The number of anilines is 6. The topological polar surface area (TPSA) is 11.4 Å². The lowest BCUT2D eigenvalue weighted by Crippen LogP contribution is -2.60. The molecule has 9 aromatic carbocycles. The molecule has 3 nitrogen and oxygen atoms in total. The first-order valence-electron chi connectivity index (χ1n) is 30.4. The number of fused-ring (bicyclic) bond motifs is 9. The van der Waals surface area contributed by atoms with E-state index >= 15 is 0 Å². The fraction of sp³-hybridized carbons (Fsp3) is 0.188. The molecular formula is C69H62BN3. The van der Waals surface area contributed by atoms with Gasteiger partial charge in [-0.25, -0.2) is 0 Å². The number of para-hydroxylation sites is 2. The van der Waals surface area contributed by atoms with Crippen LogP contribution in [0.2, 0.25) is 0 Å². The van der Waals surface area contributed by atoms with E-state index in [1.165, 1.54) is 21.6 Å². The highest BCUT2D eigenvalue weighted by Crippen LogP contribution is 2.56. The highest BCUT2D eigenvalue weighted by Gasteiger charge is 2.48. The van der Waals surface area contributed by atoms with Crippen LogP contribution in [0.3, 0.4) is 0 Å². The third kappa shape index (κ3) is 6.72. The molecular weight excluding hydrogens is 882 g/mol. The van der Waals surface area contributed by atoms with Gasteiger partial charge in [0.15, 0.2) is 0 Å². The molecule has 1 aliphatic carbocycles. The van der Waals surface area contributed by atoms with E-state index in [1.807, 2.05) is 24.3 Å². The van der Waals surface area contributed by atoms with Crippen LogP contribution in [0.4, 0.5) is 34.1 Å². The smallest absolute Gasteiger partial charge is 0.252 e. The highest BCUT2D eigenvalue weighted by atomic mass is 15.2. The van der Waals surface area contributed by atoms with Crippen molar-refractivity contribution in [1.29, 1.82) is 0 Å². The normalized spacial score (nSPS) is 16.1. The Hall–Kier alpha value is -7.82. The van der Waals surface area contributed by atoms with E-state index in [-0.39, 0.29) is 22.5 Å². The Morgan fingerprint density at radius 1 is 0.493 bits per heavy atom. The molecule has 0 saturated carbocycles. The number of rotatable bonds is 8. The number of hydrogen-bond donors (Lipinski definition) is 0. The predicted molar refractivity (Wildman–Crippen MR) is 311 cm³/mol. The van der Waals surface area contributed by atoms with E-state index < -0.39 is 83.4 Å². The van der Waals surface area contributed by atoms with Gasteiger partial charge < -0.3 is 14.4 Å². The van der Waals surface area contributed by atoms with Gasteiger partial charge in [-0.05, 0) is 121 Å². The monoisotopic (exact) mass is 954 g/mol. The Kier molecular flexibility index (Phi) is 7.79. The van der Waals surface area contributed by atoms with Gasteiger partial charge in [-0.3, -0.25) is 0 Å². The number of nitrogens with zero attached hydrogens (tertiary/aromatic N) is 3. The Morgan fingerprint density at radius 2 is 1.07 bits per heavy atom. The quantitative estimate of drug-likeness (QED) is 0.141. The average Bonchev–Trinajstić information content (AvgIpc) is 1.67. The van der Waals surface area contributed by atoms with E-state index in [4.69, 9.17) is 8.22 Å². The van der Waals surface area contributed by atoms with Crippen LogP contribution in [-0.4, -0.2) is 11.3 Å². The van der Waals surface area contributed by atoms with Gasteiger partial charge in [0.25, 0.3) is 6.71 Å². The van der Waals surface area contributed by atoms with Crippen LogP contribution in [0, 0.1) is 0 Å². The summed E-state index contributed by atoms with van der Waals surface area (Å²) < 4.78 is 94.8. The summed E-state index contributed by atoms with van der Waals surface area (Å²) in [6.45, 7) is 19.9. The molecule has 4 heteroatoms. The third-order valence-electron chi connectivity index (χ3n) is 16.4. The summed E-state index contributed by atoms with van der Waals surface area (Å²) in [7, 11) is 0. The lowest BCUT2D eigenvalue weighted by molar-refractivity contribution is 0.591. The summed E-state index contributed by atoms with van der Waals surface area (Å²) in [5.74, 6) is 0. The maximum absolute atomic E-state index is 9.64. The Morgan fingerprint density at radius 3 is 1.70 bits per heavy atom. The molecule has 0 atom stereocenters. The van der Waals surface area contributed by atoms with Crippen LogP contribution < -0.4 is 26.2 Å². The van der Waals surface area contributed by atoms with Crippen molar-refractivity contribution in [1.82, 2.24) is 4.57 Å². The van der Waals surface area contributed by atoms with Gasteiger partial charge in [0.1, 0.15) is 0 Å². The molecule has 356 valence electrons. The van der Waals surface area contributed by atoms with Crippen LogP contribution >= 0.6 is 0 Å². The summed E-state index contributed by atoms with van der Waals surface area (Å²) in [6.07, 6.45) is 0. The molecule has 1 aromatic heterocycles. The minimum atomic E-state index is -0.632. The van der Waals surface area contributed by atoms with Crippen molar-refractivity contribution in [3.05, 3.63) is 251 Å². The zero-order chi connectivity index (χ0) is 58.9. The number of aromatic nitrogens is 1. The van der Waals surface area contributed by atoms with Crippen LogP contribution in [0.15, 0.2) is 212 Å². The molecule has 0 unspecified atom stereocenters. The van der Waals surface area contributed by atoms with E-state index in [0.29, 0.717) is 5.69 Å². The number of hydrogen-bond acceptors (Lipinski definition) is 2. The van der Waals surface area contributed by atoms with E-state index in [2.05, 4.69) is 199 Å². The summed E-state index contributed by atoms with van der Waals surface area (Å²) >= 11 is 0. The van der Waals surface area contributed by atoms with E-state index in [9.17, 15) is 5.48 Å². The summed E-state index contributed by atoms with van der Waals surface area (Å²) in [4.78, 5) is 3.61. The predicted octanol–water partition coefficient (Wildman–Crippen LogP) is 16.0. The lowest BCUT2D eigenvalue weighted by Gasteiger charge is -2.43. The fourth-order valence-corrected chi connectivity index (χ4v) is 12.4. The first-order chi connectivity index (χ1) is 39.3. The van der Waals surface area contributed by atoms with Crippen molar-refractivity contribution in [2.45, 2.75) is 84.0 Å². The molecule has 0 amide bonds. The van der Waals surface area contributed by atoms with Crippen LogP contribution in [0.1, 0.15) is 115 Å². The molecule has 0 fully saturated rings. The number of benzene rings is 9. The summed E-state index contributed by atoms with van der Waals surface area (Å²) in [5, 5.41) is 1.11. The van der Waals surface area contributed by atoms with Crippen molar-refractivity contribution in [3.63, 3.8) is 0 Å². The molecule has 13 rings (SSSR count). The molecule has 0 saturated heterocycles. The zero-order valence-corrected chi connectivity index (χ0v) is 42.9. The van der Waals surface area contributed by atoms with Gasteiger partial charge in [-0.1, -0.05) is 214 Å². The van der Waals surface area contributed by atoms with Crippen molar-refractivity contribution >= 4 is 68.1 Å². The molecule has 3 aliphatic rings. The van der Waals surface area contributed by atoms with Crippen molar-refractivity contribution in [3.8, 4) is 16.9 Å². The maximum Gasteiger partial charge on any atom is 0.252 e. The van der Waals surface area contributed by atoms with Gasteiger partial charge >= 0.3 is 0 Å². The second-order valence-electron chi connectivity index (χ2n) is 22.7. The van der Waals surface area contributed by atoms with Crippen molar-refractivity contribution in [2.24, 2.45) is 0 Å². The maximum atomic E-state index is 9.64. The summed E-state index contributed by atoms with van der Waals surface area (Å²) in [6, 6.07) is 47.5. The second-order valence-corrected chi connectivity index (χ2v) is 22.7. The Bertz CT molecular complexity index is 4300. The first kappa shape index (κ1) is 35.3. The zero-order valence-electron chi connectivity index (χ0n) is 52.9. The summed E-state index contributed by atoms with van der Waals surface area (Å²) in [5.41, 5.74) is 15.2. The second kappa shape index (κ2) is 16.1. The van der Waals surface area contributed by atoms with Crippen LogP contribution in [0.25, 0.3) is 27.8 Å². The van der Waals surface area contributed by atoms with Crippen molar-refractivity contribution in [2.75, 3.05) is 9.80 Å². The van der Waals surface area contributed by atoms with E-state index in [1.54, 1.807) is 0 Å². The largest absolute Gasteiger partial charge is 0.311 e. The fourth-order valence-electron chi connectivity index (χ4n) is 12.4. The van der Waals surface area contributed by atoms with Gasteiger partial charge in [-0.2, -0.15) is 0 Å². The van der Waals surface area contributed by atoms with Gasteiger partial charge in [-0.15, -0.1) is 0 Å². The molecule has 2 aliphatic heterocycles. The SMILES string of the molecule is [2H]c1c([2H])c([2H])c(N(c2cc3c4c(c2)-n2c5c(c6cc(C(C)(C)C)cc(c62)B4c2ccc(C(C)(C)c4ccccc4)cc2N3c2cccc(C(C)(C)c3ccccc3)c2)C(C)(C)c2ccccc2-5)c2c([2H])c([2H])c([2H])c([2H])c2[2H])c([2H])c1[2H]. The third-order valence-corrected chi connectivity index (χ3v) is 16.4. The minimum Gasteiger partial charge on any atom is -0.311 e. The first-order valence-corrected chi connectivity index (χ1v) is 25.4. The lowest BCUT2D eigenvalue weighted by atomic mass is 9.33. The van der Waals surface area contributed by atoms with Crippen molar-refractivity contribution < 1.29 is 13.7 Å². The van der Waals surface area contributed by atoms with Crippen LogP contribution in [0.5, 0.6) is 0 Å². The molecule has 3 heterocycles. The molecule has 0 N–H and O–H groups in total. The minimum absolute atomic E-state index is 0.223. The van der Waals surface area contributed by atoms with E-state index in [0.717, 1.165) is 77.9 Å². The van der Waals surface area contributed by atoms with Crippen LogP contribution in [-0.2, 0) is 21.7 Å². The Labute approximate surface area is 446 Å². The molecule has 0 bridgehead atoms. The van der Waals surface area contributed by atoms with Gasteiger partial charge in [0, 0.05) is 66.8 Å². The molecule has 0 spiro atoms.